The molecule has 1 aliphatic rings. The van der Waals surface area contributed by atoms with Gasteiger partial charge in [-0.25, -0.2) is 0 Å². The minimum absolute atomic E-state index is 0. The number of nitrogens with zero attached hydrogens (tertiary/aromatic N) is 2. The van der Waals surface area contributed by atoms with Gasteiger partial charge in [0.2, 0.25) is 5.91 Å². The molecule has 1 aliphatic carbocycles. The first kappa shape index (κ1) is 15.9. The molecule has 1 saturated carbocycles. The maximum absolute atomic E-state index is 11.9. The van der Waals surface area contributed by atoms with Crippen molar-refractivity contribution >= 4 is 18.3 Å². The summed E-state index contributed by atoms with van der Waals surface area (Å²) < 4.78 is 1.77. The number of rotatable bonds is 3. The Kier molecular flexibility index (Phi) is 5.34. The minimum atomic E-state index is -0.555. The highest BCUT2D eigenvalue weighted by Crippen LogP contribution is 2.24. The van der Waals surface area contributed by atoms with Crippen molar-refractivity contribution in [1.29, 1.82) is 0 Å². The summed E-state index contributed by atoms with van der Waals surface area (Å²) in [5, 5.41) is 16.5. The zero-order valence-electron chi connectivity index (χ0n) is 11.2. The normalized spacial score (nSPS) is 26.0. The standard InChI is InChI=1S/C12H20N4O2.ClH/c1-7-9(6-15-16(7)2)5-14-12(18)8-3-10(13)11(17)4-8;/h6,8,10-11,17H,3-5,13H2,1-2H3,(H,14,18);1H/t8-,10+,11+;/m0./s1. The second kappa shape index (κ2) is 6.36. The van der Waals surface area contributed by atoms with Crippen molar-refractivity contribution in [3.8, 4) is 0 Å². The van der Waals surface area contributed by atoms with Crippen LogP contribution in [0.4, 0.5) is 0 Å². The fraction of sp³-hybridized carbons (Fsp3) is 0.667. The summed E-state index contributed by atoms with van der Waals surface area (Å²) in [5.74, 6) is -0.211. The molecule has 2 rings (SSSR count). The molecule has 1 fully saturated rings. The van der Waals surface area contributed by atoms with Crippen LogP contribution in [0.25, 0.3) is 0 Å². The van der Waals surface area contributed by atoms with Crippen molar-refractivity contribution in [2.45, 2.75) is 38.5 Å². The molecule has 0 aliphatic heterocycles. The fourth-order valence-corrected chi connectivity index (χ4v) is 2.31. The highest BCUT2D eigenvalue weighted by molar-refractivity contribution is 5.85. The first-order valence-corrected chi connectivity index (χ1v) is 6.18. The van der Waals surface area contributed by atoms with E-state index in [9.17, 15) is 9.90 Å². The number of halogens is 1. The number of aromatic nitrogens is 2. The number of nitrogens with one attached hydrogen (secondary N) is 1. The van der Waals surface area contributed by atoms with E-state index in [1.165, 1.54) is 0 Å². The van der Waals surface area contributed by atoms with Crippen LogP contribution < -0.4 is 11.1 Å². The fourth-order valence-electron chi connectivity index (χ4n) is 2.31. The van der Waals surface area contributed by atoms with E-state index in [1.54, 1.807) is 10.9 Å². The van der Waals surface area contributed by atoms with Crippen LogP contribution in [-0.2, 0) is 18.4 Å². The highest BCUT2D eigenvalue weighted by Gasteiger charge is 2.34. The molecule has 7 heteroatoms. The largest absolute Gasteiger partial charge is 0.391 e. The number of aryl methyl sites for hydroxylation is 1. The monoisotopic (exact) mass is 288 g/mol. The van der Waals surface area contributed by atoms with Crippen molar-refractivity contribution < 1.29 is 9.90 Å². The Morgan fingerprint density at radius 1 is 1.63 bits per heavy atom. The molecular formula is C12H21ClN4O2. The van der Waals surface area contributed by atoms with E-state index in [0.717, 1.165) is 11.3 Å². The molecule has 19 heavy (non-hydrogen) atoms. The molecule has 1 heterocycles. The molecule has 0 saturated heterocycles. The molecule has 4 N–H and O–H groups in total. The summed E-state index contributed by atoms with van der Waals surface area (Å²) in [7, 11) is 1.87. The van der Waals surface area contributed by atoms with E-state index in [1.807, 2.05) is 14.0 Å². The Hall–Kier alpha value is -1.11. The van der Waals surface area contributed by atoms with Crippen LogP contribution in [0.1, 0.15) is 24.1 Å². The molecular weight excluding hydrogens is 268 g/mol. The Labute approximate surface area is 118 Å². The molecule has 0 radical (unpaired) electrons. The predicted molar refractivity (Wildman–Crippen MR) is 73.7 cm³/mol. The Balaban J connectivity index is 0.00000180. The number of aliphatic hydroxyl groups is 1. The van der Waals surface area contributed by atoms with E-state index >= 15 is 0 Å². The molecule has 0 unspecified atom stereocenters. The van der Waals surface area contributed by atoms with Gasteiger partial charge in [0, 0.05) is 36.8 Å². The SMILES string of the molecule is Cc1c(CNC(=O)[C@H]2C[C@@H](N)[C@H](O)C2)cnn1C.Cl. The topological polar surface area (TPSA) is 93.2 Å². The van der Waals surface area contributed by atoms with Crippen molar-refractivity contribution in [3.63, 3.8) is 0 Å². The van der Waals surface area contributed by atoms with E-state index in [2.05, 4.69) is 10.4 Å². The Morgan fingerprint density at radius 2 is 2.32 bits per heavy atom. The maximum Gasteiger partial charge on any atom is 0.223 e. The second-order valence-corrected chi connectivity index (χ2v) is 5.00. The molecule has 6 nitrogen and oxygen atoms in total. The number of carbonyl (C=O) groups is 1. The van der Waals surface area contributed by atoms with Crippen LogP contribution in [-0.4, -0.2) is 32.9 Å². The van der Waals surface area contributed by atoms with Gasteiger partial charge in [-0.3, -0.25) is 9.48 Å². The van der Waals surface area contributed by atoms with Gasteiger partial charge in [0.05, 0.1) is 12.3 Å². The zero-order valence-corrected chi connectivity index (χ0v) is 12.0. The summed E-state index contributed by atoms with van der Waals surface area (Å²) in [6.07, 6.45) is 2.21. The van der Waals surface area contributed by atoms with E-state index in [4.69, 9.17) is 5.73 Å². The number of nitrogens with two attached hydrogens (primary N) is 1. The lowest BCUT2D eigenvalue weighted by molar-refractivity contribution is -0.125. The molecule has 1 aromatic rings. The molecule has 1 aromatic heterocycles. The molecule has 108 valence electrons. The third kappa shape index (κ3) is 3.46. The quantitative estimate of drug-likeness (QED) is 0.722. The molecule has 1 amide bonds. The highest BCUT2D eigenvalue weighted by atomic mass is 35.5. The van der Waals surface area contributed by atoms with Gasteiger partial charge in [0.25, 0.3) is 0 Å². The lowest BCUT2D eigenvalue weighted by Crippen LogP contribution is -2.30. The van der Waals surface area contributed by atoms with Gasteiger partial charge in [-0.2, -0.15) is 5.10 Å². The van der Waals surface area contributed by atoms with Crippen LogP contribution >= 0.6 is 12.4 Å². The summed E-state index contributed by atoms with van der Waals surface area (Å²) in [6, 6.07) is -0.277. The predicted octanol–water partition coefficient (Wildman–Crippen LogP) is -0.135. The van der Waals surface area contributed by atoms with Crippen LogP contribution in [0.15, 0.2) is 6.20 Å². The van der Waals surface area contributed by atoms with Gasteiger partial charge in [0.1, 0.15) is 0 Å². The smallest absolute Gasteiger partial charge is 0.223 e. The van der Waals surface area contributed by atoms with Crippen LogP contribution in [0.3, 0.4) is 0 Å². The van der Waals surface area contributed by atoms with Gasteiger partial charge < -0.3 is 16.2 Å². The second-order valence-electron chi connectivity index (χ2n) is 5.00. The van der Waals surface area contributed by atoms with Crippen LogP contribution in [0, 0.1) is 12.8 Å². The summed E-state index contributed by atoms with van der Waals surface area (Å²) in [4.78, 5) is 11.9. The van der Waals surface area contributed by atoms with Crippen molar-refractivity contribution in [2.24, 2.45) is 18.7 Å². The first-order chi connectivity index (χ1) is 8.49. The average molecular weight is 289 g/mol. The van der Waals surface area contributed by atoms with Crippen molar-refractivity contribution in [2.75, 3.05) is 0 Å². The molecule has 0 aromatic carbocycles. The summed E-state index contributed by atoms with van der Waals surface area (Å²) in [6.45, 7) is 2.43. The summed E-state index contributed by atoms with van der Waals surface area (Å²) in [5.41, 5.74) is 7.75. The van der Waals surface area contributed by atoms with E-state index in [-0.39, 0.29) is 30.3 Å². The van der Waals surface area contributed by atoms with Crippen molar-refractivity contribution in [1.82, 2.24) is 15.1 Å². The number of aliphatic hydroxyl groups excluding tert-OH is 1. The third-order valence-corrected chi connectivity index (χ3v) is 3.74. The molecule has 3 atom stereocenters. The Bertz CT molecular complexity index is 439. The number of hydrogen-bond donors (Lipinski definition) is 3. The van der Waals surface area contributed by atoms with E-state index in [0.29, 0.717) is 19.4 Å². The van der Waals surface area contributed by atoms with Gasteiger partial charge in [-0.1, -0.05) is 0 Å². The van der Waals surface area contributed by atoms with E-state index < -0.39 is 6.10 Å². The molecule has 0 bridgehead atoms. The first-order valence-electron chi connectivity index (χ1n) is 6.18. The summed E-state index contributed by atoms with van der Waals surface area (Å²) >= 11 is 0. The van der Waals surface area contributed by atoms with Crippen molar-refractivity contribution in [3.05, 3.63) is 17.5 Å². The van der Waals surface area contributed by atoms with Crippen LogP contribution in [0.5, 0.6) is 0 Å². The maximum atomic E-state index is 11.9. The average Bonchev–Trinajstić information content (AvgIpc) is 2.83. The number of carbonyl (C=O) groups excluding carboxylic acids is 1. The number of amides is 1. The third-order valence-electron chi connectivity index (χ3n) is 3.74. The van der Waals surface area contributed by atoms with Crippen LogP contribution in [0.2, 0.25) is 0 Å². The number of hydrogen-bond acceptors (Lipinski definition) is 4. The minimum Gasteiger partial charge on any atom is -0.391 e. The van der Waals surface area contributed by atoms with Gasteiger partial charge in [0.15, 0.2) is 0 Å². The lowest BCUT2D eigenvalue weighted by atomic mass is 10.1. The zero-order chi connectivity index (χ0) is 13.3. The molecule has 0 spiro atoms. The van der Waals surface area contributed by atoms with Gasteiger partial charge in [-0.05, 0) is 19.8 Å². The Morgan fingerprint density at radius 3 is 2.79 bits per heavy atom. The van der Waals surface area contributed by atoms with Gasteiger partial charge >= 0.3 is 0 Å². The van der Waals surface area contributed by atoms with Gasteiger partial charge in [-0.15, -0.1) is 12.4 Å². The lowest BCUT2D eigenvalue weighted by Gasteiger charge is -2.10.